The fraction of sp³-hybridized carbons (Fsp3) is 0.800. The molecule has 0 aliphatic carbocycles. The minimum absolute atomic E-state index is 0.386. The van der Waals surface area contributed by atoms with Crippen molar-refractivity contribution in [3.63, 3.8) is 0 Å². The van der Waals surface area contributed by atoms with Crippen LogP contribution in [0.4, 0.5) is 0 Å². The molecule has 1 rings (SSSR count). The third-order valence-corrected chi connectivity index (χ3v) is 2.45. The van der Waals surface area contributed by atoms with E-state index < -0.39 is 0 Å². The Bertz CT molecular complexity index is 274. The summed E-state index contributed by atoms with van der Waals surface area (Å²) < 4.78 is 7.15. The number of nitrogens with one attached hydrogen (secondary N) is 1. The Kier molecular flexibility index (Phi) is 5.28. The number of aryl methyl sites for hydroxylation is 1. The lowest BCUT2D eigenvalue weighted by Gasteiger charge is -2.15. The maximum atomic E-state index is 5.12. The van der Waals surface area contributed by atoms with Crippen LogP contribution in [-0.2, 0) is 17.8 Å². The fourth-order valence-electron chi connectivity index (χ4n) is 1.44. The van der Waals surface area contributed by atoms with Crippen LogP contribution in [0, 0.1) is 0 Å². The molecular formula is C10H20N4O. The Balaban J connectivity index is 2.41. The Morgan fingerprint density at radius 1 is 1.53 bits per heavy atom. The number of nitrogens with zero attached hydrogens (tertiary/aromatic N) is 3. The van der Waals surface area contributed by atoms with Gasteiger partial charge in [0.2, 0.25) is 0 Å². The quantitative estimate of drug-likeness (QED) is 0.727. The van der Waals surface area contributed by atoms with E-state index in [1.54, 1.807) is 13.4 Å². The van der Waals surface area contributed by atoms with Crippen LogP contribution in [0.15, 0.2) is 6.33 Å². The average molecular weight is 212 g/mol. The average Bonchev–Trinajstić information content (AvgIpc) is 2.71. The van der Waals surface area contributed by atoms with E-state index in [2.05, 4.69) is 29.4 Å². The lowest BCUT2D eigenvalue weighted by Crippen LogP contribution is -2.32. The molecule has 0 aliphatic heterocycles. The highest BCUT2D eigenvalue weighted by Gasteiger charge is 2.07. The second-order valence-corrected chi connectivity index (χ2v) is 3.47. The number of ether oxygens (including phenoxy) is 1. The van der Waals surface area contributed by atoms with E-state index >= 15 is 0 Å². The van der Waals surface area contributed by atoms with Gasteiger partial charge in [0.15, 0.2) is 0 Å². The molecule has 0 saturated heterocycles. The van der Waals surface area contributed by atoms with Gasteiger partial charge in [0, 0.05) is 19.7 Å². The highest BCUT2D eigenvalue weighted by Crippen LogP contribution is 1.97. The van der Waals surface area contributed by atoms with Crippen molar-refractivity contribution < 1.29 is 4.74 Å². The standard InChI is InChI=1S/C10H20N4O/c1-4-9(7-15-3)11-6-10-13-12-8-14(10)5-2/h8-9,11H,4-7H2,1-3H3. The van der Waals surface area contributed by atoms with Crippen LogP contribution in [0.5, 0.6) is 0 Å². The summed E-state index contributed by atoms with van der Waals surface area (Å²) in [5, 5.41) is 11.3. The predicted octanol–water partition coefficient (Wildman–Crippen LogP) is 0.813. The predicted molar refractivity (Wildman–Crippen MR) is 58.5 cm³/mol. The zero-order chi connectivity index (χ0) is 11.1. The van der Waals surface area contributed by atoms with Crippen LogP contribution < -0.4 is 5.32 Å². The van der Waals surface area contributed by atoms with Crippen molar-refractivity contribution >= 4 is 0 Å². The van der Waals surface area contributed by atoms with Gasteiger partial charge in [0.25, 0.3) is 0 Å². The minimum atomic E-state index is 0.386. The van der Waals surface area contributed by atoms with Gasteiger partial charge in [0.1, 0.15) is 12.2 Å². The summed E-state index contributed by atoms with van der Waals surface area (Å²) in [6.45, 7) is 6.61. The smallest absolute Gasteiger partial charge is 0.146 e. The maximum Gasteiger partial charge on any atom is 0.146 e. The summed E-state index contributed by atoms with van der Waals surface area (Å²) in [5.74, 6) is 0.979. The van der Waals surface area contributed by atoms with Crippen molar-refractivity contribution in [2.75, 3.05) is 13.7 Å². The van der Waals surface area contributed by atoms with Gasteiger partial charge in [-0.05, 0) is 13.3 Å². The molecule has 1 N–H and O–H groups in total. The maximum absolute atomic E-state index is 5.12. The molecule has 0 amide bonds. The Morgan fingerprint density at radius 3 is 2.93 bits per heavy atom. The molecular weight excluding hydrogens is 192 g/mol. The molecule has 0 saturated carbocycles. The van der Waals surface area contributed by atoms with Gasteiger partial charge in [0.05, 0.1) is 13.2 Å². The van der Waals surface area contributed by atoms with E-state index in [9.17, 15) is 0 Å². The van der Waals surface area contributed by atoms with Crippen molar-refractivity contribution in [1.82, 2.24) is 20.1 Å². The molecule has 86 valence electrons. The summed E-state index contributed by atoms with van der Waals surface area (Å²) in [6, 6.07) is 0.386. The molecule has 1 atom stereocenters. The second-order valence-electron chi connectivity index (χ2n) is 3.47. The third kappa shape index (κ3) is 3.60. The fourth-order valence-corrected chi connectivity index (χ4v) is 1.44. The van der Waals surface area contributed by atoms with Crippen LogP contribution in [0.25, 0.3) is 0 Å². The van der Waals surface area contributed by atoms with Crippen molar-refractivity contribution in [2.45, 2.75) is 39.4 Å². The SMILES string of the molecule is CCC(COC)NCc1nncn1CC. The molecule has 15 heavy (non-hydrogen) atoms. The molecule has 0 fully saturated rings. The lowest BCUT2D eigenvalue weighted by molar-refractivity contribution is 0.163. The van der Waals surface area contributed by atoms with Crippen LogP contribution >= 0.6 is 0 Å². The highest BCUT2D eigenvalue weighted by molar-refractivity contribution is 4.85. The van der Waals surface area contributed by atoms with Crippen molar-refractivity contribution in [2.24, 2.45) is 0 Å². The second kappa shape index (κ2) is 6.53. The zero-order valence-corrected chi connectivity index (χ0v) is 9.73. The molecule has 0 aromatic carbocycles. The first-order chi connectivity index (χ1) is 7.31. The van der Waals surface area contributed by atoms with Gasteiger partial charge >= 0.3 is 0 Å². The van der Waals surface area contributed by atoms with E-state index in [1.807, 2.05) is 4.57 Å². The first-order valence-electron chi connectivity index (χ1n) is 5.40. The Morgan fingerprint density at radius 2 is 2.33 bits per heavy atom. The van der Waals surface area contributed by atoms with Crippen LogP contribution in [0.3, 0.4) is 0 Å². The summed E-state index contributed by atoms with van der Waals surface area (Å²) >= 11 is 0. The topological polar surface area (TPSA) is 52.0 Å². The zero-order valence-electron chi connectivity index (χ0n) is 9.73. The number of hydrogen-bond acceptors (Lipinski definition) is 4. The van der Waals surface area contributed by atoms with E-state index in [0.29, 0.717) is 6.04 Å². The van der Waals surface area contributed by atoms with Gasteiger partial charge in [-0.3, -0.25) is 0 Å². The third-order valence-electron chi connectivity index (χ3n) is 2.45. The Labute approximate surface area is 90.8 Å². The van der Waals surface area contributed by atoms with Crippen molar-refractivity contribution in [3.8, 4) is 0 Å². The van der Waals surface area contributed by atoms with E-state index in [-0.39, 0.29) is 0 Å². The van der Waals surface area contributed by atoms with Gasteiger partial charge < -0.3 is 14.6 Å². The first kappa shape index (κ1) is 12.1. The lowest BCUT2D eigenvalue weighted by atomic mass is 10.2. The van der Waals surface area contributed by atoms with Crippen LogP contribution in [-0.4, -0.2) is 34.5 Å². The van der Waals surface area contributed by atoms with Gasteiger partial charge in [-0.1, -0.05) is 6.92 Å². The molecule has 5 nitrogen and oxygen atoms in total. The molecule has 1 heterocycles. The molecule has 0 spiro atoms. The van der Waals surface area contributed by atoms with Crippen molar-refractivity contribution in [3.05, 3.63) is 12.2 Å². The Hall–Kier alpha value is -0.940. The van der Waals surface area contributed by atoms with E-state index in [1.165, 1.54) is 0 Å². The molecule has 1 unspecified atom stereocenters. The number of hydrogen-bond donors (Lipinski definition) is 1. The summed E-state index contributed by atoms with van der Waals surface area (Å²) in [6.07, 6.45) is 2.81. The monoisotopic (exact) mass is 212 g/mol. The van der Waals surface area contributed by atoms with Gasteiger partial charge in [-0.15, -0.1) is 10.2 Å². The molecule has 1 aromatic rings. The number of aromatic nitrogens is 3. The minimum Gasteiger partial charge on any atom is -0.383 e. The highest BCUT2D eigenvalue weighted by atomic mass is 16.5. The van der Waals surface area contributed by atoms with E-state index in [0.717, 1.165) is 31.9 Å². The molecule has 0 radical (unpaired) electrons. The number of rotatable bonds is 7. The summed E-state index contributed by atoms with van der Waals surface area (Å²) in [4.78, 5) is 0. The molecule has 5 heteroatoms. The van der Waals surface area contributed by atoms with Crippen LogP contribution in [0.1, 0.15) is 26.1 Å². The summed E-state index contributed by atoms with van der Waals surface area (Å²) in [5.41, 5.74) is 0. The van der Waals surface area contributed by atoms with Crippen LogP contribution in [0.2, 0.25) is 0 Å². The number of methoxy groups -OCH3 is 1. The largest absolute Gasteiger partial charge is 0.383 e. The molecule has 0 aliphatic rings. The van der Waals surface area contributed by atoms with E-state index in [4.69, 9.17) is 4.74 Å². The van der Waals surface area contributed by atoms with Crippen molar-refractivity contribution in [1.29, 1.82) is 0 Å². The molecule has 0 bridgehead atoms. The van der Waals surface area contributed by atoms with Gasteiger partial charge in [-0.25, -0.2) is 0 Å². The normalized spacial score (nSPS) is 13.0. The van der Waals surface area contributed by atoms with Gasteiger partial charge in [-0.2, -0.15) is 0 Å². The first-order valence-corrected chi connectivity index (χ1v) is 5.40. The summed E-state index contributed by atoms with van der Waals surface area (Å²) in [7, 11) is 1.72. The molecule has 1 aromatic heterocycles.